The number of carbonyl (C=O) groups excluding carboxylic acids is 1. The van der Waals surface area contributed by atoms with Crippen LogP contribution in [-0.2, 0) is 0 Å². The highest BCUT2D eigenvalue weighted by atomic mass is 79.9. The lowest BCUT2D eigenvalue weighted by atomic mass is 10.1. The molecule has 1 aromatic heterocycles. The lowest BCUT2D eigenvalue weighted by Crippen LogP contribution is -2.12. The molecule has 28 heavy (non-hydrogen) atoms. The molecule has 0 atom stereocenters. The van der Waals surface area contributed by atoms with E-state index >= 15 is 0 Å². The molecule has 0 saturated carbocycles. The largest absolute Gasteiger partial charge is 0.456 e. The summed E-state index contributed by atoms with van der Waals surface area (Å²) in [5.74, 6) is 0.287. The van der Waals surface area contributed by atoms with Crippen molar-refractivity contribution in [1.29, 1.82) is 0 Å². The van der Waals surface area contributed by atoms with Gasteiger partial charge in [-0.25, -0.2) is 0 Å². The van der Waals surface area contributed by atoms with Crippen molar-refractivity contribution in [3.05, 3.63) is 98.6 Å². The summed E-state index contributed by atoms with van der Waals surface area (Å²) in [6, 6.07) is 21.4. The highest BCUT2D eigenvalue weighted by Gasteiger charge is 2.11. The Morgan fingerprint density at radius 2 is 1.71 bits per heavy atom. The van der Waals surface area contributed by atoms with Crippen molar-refractivity contribution in [3.63, 3.8) is 0 Å². The predicted octanol–water partition coefficient (Wildman–Crippen LogP) is 5.78. The Bertz CT molecular complexity index is 1240. The molecule has 4 rings (SSSR count). The standard InChI is InChI=1S/C23H16BrNO3/c1-14-4-2-3-5-18(14)22-13-20(26)19-12-17(10-11-21(19)28-22)25-23(27)15-6-8-16(24)9-7-15/h2-13H,1H3,(H,25,27). The third kappa shape index (κ3) is 3.62. The van der Waals surface area contributed by atoms with Crippen LogP contribution in [0.3, 0.4) is 0 Å². The Morgan fingerprint density at radius 1 is 0.964 bits per heavy atom. The van der Waals surface area contributed by atoms with Gasteiger partial charge in [0.15, 0.2) is 5.43 Å². The summed E-state index contributed by atoms with van der Waals surface area (Å²) in [5, 5.41) is 3.24. The van der Waals surface area contributed by atoms with E-state index in [2.05, 4.69) is 21.2 Å². The molecule has 4 aromatic rings. The van der Waals surface area contributed by atoms with E-state index in [4.69, 9.17) is 4.42 Å². The van der Waals surface area contributed by atoms with Crippen molar-refractivity contribution in [2.75, 3.05) is 5.32 Å². The van der Waals surface area contributed by atoms with E-state index in [0.717, 1.165) is 15.6 Å². The molecule has 0 aliphatic rings. The molecule has 0 aliphatic carbocycles. The Balaban J connectivity index is 1.68. The summed E-state index contributed by atoms with van der Waals surface area (Å²) in [7, 11) is 0. The number of aryl methyl sites for hydroxylation is 1. The second-order valence-electron chi connectivity index (χ2n) is 6.46. The lowest BCUT2D eigenvalue weighted by molar-refractivity contribution is 0.102. The van der Waals surface area contributed by atoms with Gasteiger partial charge in [0, 0.05) is 27.4 Å². The number of carbonyl (C=O) groups is 1. The number of halogens is 1. The van der Waals surface area contributed by atoms with Crippen LogP contribution in [-0.4, -0.2) is 5.91 Å². The van der Waals surface area contributed by atoms with Crippen molar-refractivity contribution >= 4 is 38.5 Å². The van der Waals surface area contributed by atoms with Gasteiger partial charge in [0.25, 0.3) is 5.91 Å². The smallest absolute Gasteiger partial charge is 0.255 e. The van der Waals surface area contributed by atoms with E-state index < -0.39 is 0 Å². The maximum absolute atomic E-state index is 12.7. The van der Waals surface area contributed by atoms with Crippen molar-refractivity contribution in [3.8, 4) is 11.3 Å². The fourth-order valence-corrected chi connectivity index (χ4v) is 3.28. The SMILES string of the molecule is Cc1ccccc1-c1cc(=O)c2cc(NC(=O)c3ccc(Br)cc3)ccc2o1. The second-order valence-corrected chi connectivity index (χ2v) is 7.38. The minimum Gasteiger partial charge on any atom is -0.456 e. The van der Waals surface area contributed by atoms with Crippen molar-refractivity contribution in [2.45, 2.75) is 6.92 Å². The van der Waals surface area contributed by atoms with Crippen LogP contribution in [0.15, 0.2) is 86.5 Å². The van der Waals surface area contributed by atoms with E-state index in [1.54, 1.807) is 42.5 Å². The van der Waals surface area contributed by atoms with Gasteiger partial charge in [0.2, 0.25) is 0 Å². The number of hydrogen-bond acceptors (Lipinski definition) is 3. The summed E-state index contributed by atoms with van der Waals surface area (Å²) in [4.78, 5) is 25.0. The number of anilines is 1. The minimum absolute atomic E-state index is 0.153. The summed E-state index contributed by atoms with van der Waals surface area (Å²) >= 11 is 3.35. The summed E-state index contributed by atoms with van der Waals surface area (Å²) < 4.78 is 6.85. The molecule has 0 radical (unpaired) electrons. The summed E-state index contributed by atoms with van der Waals surface area (Å²) in [6.45, 7) is 1.97. The van der Waals surface area contributed by atoms with Gasteiger partial charge in [0.1, 0.15) is 11.3 Å². The van der Waals surface area contributed by atoms with E-state index in [0.29, 0.717) is 28.0 Å². The lowest BCUT2D eigenvalue weighted by Gasteiger charge is -2.08. The van der Waals surface area contributed by atoms with Gasteiger partial charge in [-0.15, -0.1) is 0 Å². The highest BCUT2D eigenvalue weighted by Crippen LogP contribution is 2.26. The first-order valence-electron chi connectivity index (χ1n) is 8.72. The first kappa shape index (κ1) is 18.2. The zero-order valence-corrected chi connectivity index (χ0v) is 16.6. The van der Waals surface area contributed by atoms with E-state index in [1.165, 1.54) is 6.07 Å². The van der Waals surface area contributed by atoms with Gasteiger partial charge in [0.05, 0.1) is 5.39 Å². The van der Waals surface area contributed by atoms with E-state index in [-0.39, 0.29) is 11.3 Å². The van der Waals surface area contributed by atoms with Crippen LogP contribution in [0.5, 0.6) is 0 Å². The molecular weight excluding hydrogens is 418 g/mol. The molecule has 0 aliphatic heterocycles. The van der Waals surface area contributed by atoms with Crippen LogP contribution >= 0.6 is 15.9 Å². The van der Waals surface area contributed by atoms with Gasteiger partial charge in [-0.1, -0.05) is 40.2 Å². The van der Waals surface area contributed by atoms with Crippen LogP contribution in [0.25, 0.3) is 22.3 Å². The summed E-state index contributed by atoms with van der Waals surface area (Å²) in [6.07, 6.45) is 0. The molecule has 0 fully saturated rings. The van der Waals surface area contributed by atoms with Crippen molar-refractivity contribution in [1.82, 2.24) is 0 Å². The molecule has 0 spiro atoms. The van der Waals surface area contributed by atoms with Crippen molar-refractivity contribution < 1.29 is 9.21 Å². The van der Waals surface area contributed by atoms with E-state index in [1.807, 2.05) is 31.2 Å². The minimum atomic E-state index is -0.243. The Labute approximate surface area is 170 Å². The average molecular weight is 434 g/mol. The first-order valence-corrected chi connectivity index (χ1v) is 9.51. The average Bonchev–Trinajstić information content (AvgIpc) is 2.69. The Morgan fingerprint density at radius 3 is 2.46 bits per heavy atom. The molecule has 0 unspecified atom stereocenters. The number of fused-ring (bicyclic) bond motifs is 1. The topological polar surface area (TPSA) is 59.3 Å². The van der Waals surface area contributed by atoms with Crippen LogP contribution in [0.1, 0.15) is 15.9 Å². The van der Waals surface area contributed by atoms with Crippen molar-refractivity contribution in [2.24, 2.45) is 0 Å². The fourth-order valence-electron chi connectivity index (χ4n) is 3.02. The monoisotopic (exact) mass is 433 g/mol. The zero-order valence-electron chi connectivity index (χ0n) is 15.0. The highest BCUT2D eigenvalue weighted by molar-refractivity contribution is 9.10. The van der Waals surface area contributed by atoms with Gasteiger partial charge in [-0.3, -0.25) is 9.59 Å². The van der Waals surface area contributed by atoms with Crippen LogP contribution in [0, 0.1) is 6.92 Å². The number of nitrogens with one attached hydrogen (secondary N) is 1. The molecule has 1 heterocycles. The molecule has 5 heteroatoms. The fraction of sp³-hybridized carbons (Fsp3) is 0.0435. The first-order chi connectivity index (χ1) is 13.5. The Kier molecular flexibility index (Phi) is 4.84. The molecule has 1 amide bonds. The summed E-state index contributed by atoms with van der Waals surface area (Å²) in [5.41, 5.74) is 3.31. The van der Waals surface area contributed by atoms with Gasteiger partial charge in [-0.2, -0.15) is 0 Å². The number of amides is 1. The number of rotatable bonds is 3. The second kappa shape index (κ2) is 7.44. The molecule has 138 valence electrons. The third-order valence-corrected chi connectivity index (χ3v) is 5.03. The van der Waals surface area contributed by atoms with Gasteiger partial charge >= 0.3 is 0 Å². The maximum atomic E-state index is 12.7. The Hall–Kier alpha value is -3.18. The third-order valence-electron chi connectivity index (χ3n) is 4.50. The number of benzene rings is 3. The predicted molar refractivity (Wildman–Crippen MR) is 115 cm³/mol. The van der Waals surface area contributed by atoms with E-state index in [9.17, 15) is 9.59 Å². The molecule has 0 bridgehead atoms. The van der Waals surface area contributed by atoms with Gasteiger partial charge in [-0.05, 0) is 55.0 Å². The molecule has 0 saturated heterocycles. The zero-order chi connectivity index (χ0) is 19.7. The number of hydrogen-bond donors (Lipinski definition) is 1. The maximum Gasteiger partial charge on any atom is 0.255 e. The van der Waals surface area contributed by atoms with Crippen LogP contribution in [0.4, 0.5) is 5.69 Å². The van der Waals surface area contributed by atoms with Gasteiger partial charge < -0.3 is 9.73 Å². The van der Waals surface area contributed by atoms with Crippen LogP contribution < -0.4 is 10.7 Å². The quantitative estimate of drug-likeness (QED) is 0.445. The van der Waals surface area contributed by atoms with Crippen LogP contribution in [0.2, 0.25) is 0 Å². The molecule has 3 aromatic carbocycles. The molecular formula is C23H16BrNO3. The molecule has 1 N–H and O–H groups in total. The molecule has 4 nitrogen and oxygen atoms in total. The normalized spacial score (nSPS) is 10.8.